The molecule has 140 valence electrons. The lowest BCUT2D eigenvalue weighted by atomic mass is 10.0. The normalized spacial score (nSPS) is 15.3. The molecule has 2 aromatic rings. The highest BCUT2D eigenvalue weighted by atomic mass is 16.2. The number of nitrogens with zero attached hydrogens (tertiary/aromatic N) is 2. The minimum atomic E-state index is -0.309. The predicted molar refractivity (Wildman–Crippen MR) is 101 cm³/mol. The van der Waals surface area contributed by atoms with Gasteiger partial charge in [-0.25, -0.2) is 4.68 Å². The quantitative estimate of drug-likeness (QED) is 0.809. The average Bonchev–Trinajstić information content (AvgIpc) is 2.68. The van der Waals surface area contributed by atoms with Crippen molar-refractivity contribution >= 4 is 16.7 Å². The molecule has 7 nitrogen and oxygen atoms in total. The summed E-state index contributed by atoms with van der Waals surface area (Å²) in [5.74, 6) is 0.0413. The summed E-state index contributed by atoms with van der Waals surface area (Å²) in [5.41, 5.74) is -0.576. The van der Waals surface area contributed by atoms with Crippen molar-refractivity contribution in [2.75, 3.05) is 19.6 Å². The highest BCUT2D eigenvalue weighted by Gasteiger charge is 2.24. The van der Waals surface area contributed by atoms with Gasteiger partial charge in [-0.1, -0.05) is 19.1 Å². The van der Waals surface area contributed by atoms with Crippen LogP contribution >= 0.6 is 0 Å². The Morgan fingerprint density at radius 3 is 2.58 bits per heavy atom. The number of benzene rings is 1. The largest absolute Gasteiger partial charge is 0.340 e. The second-order valence-corrected chi connectivity index (χ2v) is 6.76. The number of aryl methyl sites for hydroxylation is 1. The number of aromatic amines is 1. The summed E-state index contributed by atoms with van der Waals surface area (Å²) >= 11 is 0. The van der Waals surface area contributed by atoms with Crippen molar-refractivity contribution < 1.29 is 4.79 Å². The van der Waals surface area contributed by atoms with Gasteiger partial charge in [0.2, 0.25) is 5.91 Å². The lowest BCUT2D eigenvalue weighted by molar-refractivity contribution is -0.134. The van der Waals surface area contributed by atoms with Gasteiger partial charge in [0.25, 0.3) is 11.1 Å². The van der Waals surface area contributed by atoms with E-state index in [1.54, 1.807) is 24.3 Å². The first-order valence-electron chi connectivity index (χ1n) is 9.34. The van der Waals surface area contributed by atoms with Crippen LogP contribution in [0.5, 0.6) is 0 Å². The molecule has 2 N–H and O–H groups in total. The van der Waals surface area contributed by atoms with Crippen molar-refractivity contribution in [1.82, 2.24) is 20.0 Å². The van der Waals surface area contributed by atoms with E-state index in [2.05, 4.69) is 17.3 Å². The first-order valence-corrected chi connectivity index (χ1v) is 9.34. The van der Waals surface area contributed by atoms with E-state index in [-0.39, 0.29) is 36.0 Å². The van der Waals surface area contributed by atoms with Gasteiger partial charge in [-0.2, -0.15) is 0 Å². The van der Waals surface area contributed by atoms with E-state index < -0.39 is 0 Å². The number of carbonyl (C=O) groups is 1. The summed E-state index contributed by atoms with van der Waals surface area (Å²) in [6.45, 7) is 4.83. The summed E-state index contributed by atoms with van der Waals surface area (Å²) < 4.78 is 1.26. The van der Waals surface area contributed by atoms with Crippen molar-refractivity contribution in [1.29, 1.82) is 0 Å². The van der Waals surface area contributed by atoms with Crippen LogP contribution in [0.25, 0.3) is 10.8 Å². The number of amides is 1. The van der Waals surface area contributed by atoms with Gasteiger partial charge in [0, 0.05) is 19.0 Å². The molecule has 1 aliphatic heterocycles. The fraction of sp³-hybridized carbons (Fsp3) is 0.526. The Bertz CT molecular complexity index is 880. The summed E-state index contributed by atoms with van der Waals surface area (Å²) in [4.78, 5) is 39.4. The second-order valence-electron chi connectivity index (χ2n) is 6.76. The van der Waals surface area contributed by atoms with E-state index in [1.165, 1.54) is 4.68 Å². The molecule has 0 unspecified atom stereocenters. The molecular weight excluding hydrogens is 332 g/mol. The molecule has 0 aliphatic carbocycles. The molecule has 1 aliphatic rings. The molecule has 7 heteroatoms. The number of aromatic nitrogens is 2. The van der Waals surface area contributed by atoms with Crippen LogP contribution in [-0.2, 0) is 11.3 Å². The van der Waals surface area contributed by atoms with Crippen LogP contribution in [0.3, 0.4) is 0 Å². The van der Waals surface area contributed by atoms with Crippen molar-refractivity contribution in [2.24, 2.45) is 0 Å². The lowest BCUT2D eigenvalue weighted by Crippen LogP contribution is -2.47. The van der Waals surface area contributed by atoms with E-state index in [1.807, 2.05) is 4.90 Å². The number of carbonyl (C=O) groups excluding carboxylic acids is 1. The maximum atomic E-state index is 12.8. The molecule has 1 aromatic heterocycles. The van der Waals surface area contributed by atoms with Gasteiger partial charge in [-0.3, -0.25) is 19.5 Å². The zero-order valence-corrected chi connectivity index (χ0v) is 15.2. The maximum Gasteiger partial charge on any atom is 0.273 e. The number of nitrogens with one attached hydrogen (secondary N) is 2. The predicted octanol–water partition coefficient (Wildman–Crippen LogP) is 1.07. The molecule has 0 radical (unpaired) electrons. The third-order valence-electron chi connectivity index (χ3n) is 4.97. The fourth-order valence-corrected chi connectivity index (χ4v) is 3.63. The Morgan fingerprint density at radius 1 is 1.19 bits per heavy atom. The molecule has 1 fully saturated rings. The number of rotatable bonds is 6. The zero-order chi connectivity index (χ0) is 18.5. The molecule has 2 heterocycles. The number of hydrogen-bond acceptors (Lipinski definition) is 4. The zero-order valence-electron chi connectivity index (χ0n) is 15.2. The molecule has 26 heavy (non-hydrogen) atoms. The summed E-state index contributed by atoms with van der Waals surface area (Å²) in [6.07, 6.45) is 3.03. The Morgan fingerprint density at radius 2 is 1.88 bits per heavy atom. The van der Waals surface area contributed by atoms with E-state index >= 15 is 0 Å². The Kier molecular flexibility index (Phi) is 5.88. The van der Waals surface area contributed by atoms with Crippen LogP contribution < -0.4 is 16.4 Å². The Labute approximate surface area is 152 Å². The molecule has 3 rings (SSSR count). The topological polar surface area (TPSA) is 87.2 Å². The second kappa shape index (κ2) is 8.31. The first-order chi connectivity index (χ1) is 12.6. The Balaban J connectivity index is 1.76. The Hall–Kier alpha value is -2.41. The molecule has 1 amide bonds. The standard InChI is InChI=1S/C19H26N4O3/c1-2-12-22(14-7-10-20-11-8-14)17(24)9-13-23-19(26)16-6-4-3-5-15(16)18(25)21-23/h3-6,14,20H,2,7-13H2,1H3,(H,21,25). The molecule has 0 saturated carbocycles. The van der Waals surface area contributed by atoms with Crippen LogP contribution in [0.2, 0.25) is 0 Å². The van der Waals surface area contributed by atoms with Crippen LogP contribution in [-0.4, -0.2) is 46.3 Å². The van der Waals surface area contributed by atoms with Gasteiger partial charge in [0.15, 0.2) is 0 Å². The van der Waals surface area contributed by atoms with Gasteiger partial charge < -0.3 is 10.2 Å². The van der Waals surface area contributed by atoms with Crippen molar-refractivity contribution in [2.45, 2.75) is 45.2 Å². The molecule has 0 atom stereocenters. The average molecular weight is 358 g/mol. The third kappa shape index (κ3) is 3.88. The van der Waals surface area contributed by atoms with Gasteiger partial charge in [0.1, 0.15) is 0 Å². The molecule has 0 spiro atoms. The van der Waals surface area contributed by atoms with Crippen molar-refractivity contribution in [3.63, 3.8) is 0 Å². The smallest absolute Gasteiger partial charge is 0.273 e. The van der Waals surface area contributed by atoms with E-state index in [4.69, 9.17) is 0 Å². The fourth-order valence-electron chi connectivity index (χ4n) is 3.63. The van der Waals surface area contributed by atoms with Gasteiger partial charge in [0.05, 0.1) is 17.3 Å². The van der Waals surface area contributed by atoms with Crippen molar-refractivity contribution in [3.8, 4) is 0 Å². The first kappa shape index (κ1) is 18.4. The monoisotopic (exact) mass is 358 g/mol. The molecular formula is C19H26N4O3. The summed E-state index contributed by atoms with van der Waals surface area (Å²) in [5, 5.41) is 6.67. The van der Waals surface area contributed by atoms with Crippen LogP contribution in [0.4, 0.5) is 0 Å². The number of piperidine rings is 1. The SMILES string of the molecule is CCCN(C(=O)CCn1[nH]c(=O)c2ccccc2c1=O)C1CCNCC1. The molecule has 1 aromatic carbocycles. The summed E-state index contributed by atoms with van der Waals surface area (Å²) in [7, 11) is 0. The molecule has 1 saturated heterocycles. The van der Waals surface area contributed by atoms with Gasteiger partial charge in [-0.05, 0) is 44.5 Å². The van der Waals surface area contributed by atoms with Crippen LogP contribution in [0.15, 0.2) is 33.9 Å². The highest BCUT2D eigenvalue weighted by molar-refractivity contribution is 5.80. The van der Waals surface area contributed by atoms with Crippen LogP contribution in [0, 0.1) is 0 Å². The minimum absolute atomic E-state index is 0.0413. The highest BCUT2D eigenvalue weighted by Crippen LogP contribution is 2.14. The third-order valence-corrected chi connectivity index (χ3v) is 4.97. The van der Waals surface area contributed by atoms with Gasteiger partial charge in [-0.15, -0.1) is 0 Å². The van der Waals surface area contributed by atoms with Crippen molar-refractivity contribution in [3.05, 3.63) is 45.0 Å². The van der Waals surface area contributed by atoms with E-state index in [0.717, 1.165) is 38.9 Å². The van der Waals surface area contributed by atoms with Gasteiger partial charge >= 0.3 is 0 Å². The number of hydrogen-bond donors (Lipinski definition) is 2. The lowest BCUT2D eigenvalue weighted by Gasteiger charge is -2.34. The van der Waals surface area contributed by atoms with Crippen LogP contribution in [0.1, 0.15) is 32.6 Å². The van der Waals surface area contributed by atoms with E-state index in [0.29, 0.717) is 10.8 Å². The minimum Gasteiger partial charge on any atom is -0.340 e. The molecule has 0 bridgehead atoms. The maximum absolute atomic E-state index is 12.8. The summed E-state index contributed by atoms with van der Waals surface area (Å²) in [6, 6.07) is 7.00. The van der Waals surface area contributed by atoms with E-state index in [9.17, 15) is 14.4 Å². The number of H-pyrrole nitrogens is 1. The number of fused-ring (bicyclic) bond motifs is 1.